The maximum atomic E-state index is 12.9. The summed E-state index contributed by atoms with van der Waals surface area (Å²) in [6.07, 6.45) is 0.737. The maximum absolute atomic E-state index is 12.9. The van der Waals surface area contributed by atoms with E-state index in [4.69, 9.17) is 5.21 Å². The summed E-state index contributed by atoms with van der Waals surface area (Å²) in [5.74, 6) is -0.750. The van der Waals surface area contributed by atoms with Crippen LogP contribution in [0.3, 0.4) is 0 Å². The third-order valence-electron chi connectivity index (χ3n) is 5.00. The molecule has 1 heterocycles. The molecule has 23 heavy (non-hydrogen) atoms. The smallest absolute Gasteiger partial charge is 0.248 e. The first-order valence-electron chi connectivity index (χ1n) is 8.10. The predicted octanol–water partition coefficient (Wildman–Crippen LogP) is 2.26. The van der Waals surface area contributed by atoms with Crippen molar-refractivity contribution in [1.82, 2.24) is 10.4 Å². The summed E-state index contributed by atoms with van der Waals surface area (Å²) in [6.45, 7) is 8.79. The van der Waals surface area contributed by atoms with Crippen molar-refractivity contribution < 1.29 is 14.8 Å². The number of rotatable bonds is 5. The van der Waals surface area contributed by atoms with E-state index in [1.807, 2.05) is 52.0 Å². The third kappa shape index (κ3) is 3.39. The van der Waals surface area contributed by atoms with Gasteiger partial charge in [-0.05, 0) is 31.7 Å². The van der Waals surface area contributed by atoms with Crippen molar-refractivity contribution in [3.63, 3.8) is 0 Å². The first kappa shape index (κ1) is 17.5. The van der Waals surface area contributed by atoms with Gasteiger partial charge in [-0.25, -0.2) is 5.48 Å². The van der Waals surface area contributed by atoms with E-state index in [1.54, 1.807) is 10.4 Å². The summed E-state index contributed by atoms with van der Waals surface area (Å²) in [4.78, 5) is 26.5. The quantitative estimate of drug-likeness (QED) is 0.646. The molecule has 0 spiro atoms. The van der Waals surface area contributed by atoms with Crippen molar-refractivity contribution >= 4 is 11.8 Å². The van der Waals surface area contributed by atoms with E-state index in [2.05, 4.69) is 0 Å². The number of amides is 2. The van der Waals surface area contributed by atoms with Crippen LogP contribution in [0.4, 0.5) is 0 Å². The predicted molar refractivity (Wildman–Crippen MR) is 88.0 cm³/mol. The minimum atomic E-state index is -0.537. The van der Waals surface area contributed by atoms with Gasteiger partial charge in [-0.15, -0.1) is 0 Å². The molecule has 1 unspecified atom stereocenters. The highest BCUT2D eigenvalue weighted by molar-refractivity contribution is 5.90. The van der Waals surface area contributed by atoms with Crippen LogP contribution in [0, 0.1) is 18.8 Å². The first-order valence-corrected chi connectivity index (χ1v) is 8.10. The number of benzene rings is 1. The molecule has 0 aromatic heterocycles. The summed E-state index contributed by atoms with van der Waals surface area (Å²) in [7, 11) is 0. The second-order valence-electron chi connectivity index (χ2n) is 7.03. The van der Waals surface area contributed by atoms with E-state index < -0.39 is 17.2 Å². The van der Waals surface area contributed by atoms with Gasteiger partial charge >= 0.3 is 0 Å². The lowest BCUT2D eigenvalue weighted by molar-refractivity contribution is -0.138. The fourth-order valence-corrected chi connectivity index (χ4v) is 3.20. The molecule has 0 aliphatic carbocycles. The van der Waals surface area contributed by atoms with E-state index >= 15 is 0 Å². The third-order valence-corrected chi connectivity index (χ3v) is 5.00. The highest BCUT2D eigenvalue weighted by atomic mass is 16.5. The second-order valence-corrected chi connectivity index (χ2v) is 7.03. The van der Waals surface area contributed by atoms with Crippen LogP contribution in [-0.4, -0.2) is 35.0 Å². The molecule has 1 aromatic rings. The van der Waals surface area contributed by atoms with Crippen LogP contribution in [0.5, 0.6) is 0 Å². The Kier molecular flexibility index (Phi) is 5.09. The largest absolute Gasteiger partial charge is 0.341 e. The summed E-state index contributed by atoms with van der Waals surface area (Å²) < 4.78 is 0. The molecule has 1 aromatic carbocycles. The van der Waals surface area contributed by atoms with Gasteiger partial charge in [0.05, 0.1) is 11.3 Å². The first-order chi connectivity index (χ1) is 10.8. The molecule has 1 saturated heterocycles. The van der Waals surface area contributed by atoms with Gasteiger partial charge in [-0.2, -0.15) is 0 Å². The average Bonchev–Trinajstić information content (AvgIpc) is 2.81. The molecule has 0 saturated carbocycles. The van der Waals surface area contributed by atoms with Gasteiger partial charge in [-0.3, -0.25) is 14.8 Å². The van der Waals surface area contributed by atoms with Crippen LogP contribution in [0.2, 0.25) is 0 Å². The Bertz CT molecular complexity index is 582. The maximum Gasteiger partial charge on any atom is 0.248 e. The van der Waals surface area contributed by atoms with Crippen molar-refractivity contribution in [2.75, 3.05) is 13.1 Å². The van der Waals surface area contributed by atoms with E-state index in [-0.39, 0.29) is 11.8 Å². The normalized spacial score (nSPS) is 22.5. The van der Waals surface area contributed by atoms with Crippen molar-refractivity contribution in [3.8, 4) is 0 Å². The Morgan fingerprint density at radius 3 is 2.48 bits per heavy atom. The van der Waals surface area contributed by atoms with Gasteiger partial charge in [-0.1, -0.05) is 43.7 Å². The minimum absolute atomic E-state index is 0.0428. The highest BCUT2D eigenvalue weighted by Gasteiger charge is 2.45. The van der Waals surface area contributed by atoms with Crippen LogP contribution in [0.25, 0.3) is 0 Å². The number of hydroxylamine groups is 1. The summed E-state index contributed by atoms with van der Waals surface area (Å²) in [5, 5.41) is 8.90. The Morgan fingerprint density at radius 1 is 1.35 bits per heavy atom. The lowest BCUT2D eigenvalue weighted by Gasteiger charge is -2.28. The van der Waals surface area contributed by atoms with Crippen LogP contribution in [0.1, 0.15) is 38.3 Å². The van der Waals surface area contributed by atoms with Crippen molar-refractivity contribution in [2.45, 2.75) is 39.5 Å². The fraction of sp³-hybridized carbons (Fsp3) is 0.556. The molecular weight excluding hydrogens is 292 g/mol. The number of carbonyl (C=O) groups excluding carboxylic acids is 2. The summed E-state index contributed by atoms with van der Waals surface area (Å²) in [5.41, 5.74) is 3.36. The fourth-order valence-electron chi connectivity index (χ4n) is 3.20. The lowest BCUT2D eigenvalue weighted by atomic mass is 9.81. The van der Waals surface area contributed by atoms with E-state index in [0.717, 1.165) is 12.0 Å². The molecule has 5 nitrogen and oxygen atoms in total. The lowest BCUT2D eigenvalue weighted by Crippen LogP contribution is -2.43. The van der Waals surface area contributed by atoms with Gasteiger partial charge in [0.15, 0.2) is 0 Å². The molecule has 2 amide bonds. The number of likely N-dealkylation sites (tertiary alicyclic amines) is 1. The summed E-state index contributed by atoms with van der Waals surface area (Å²) in [6, 6.07) is 8.06. The van der Waals surface area contributed by atoms with Gasteiger partial charge in [0, 0.05) is 13.1 Å². The highest BCUT2D eigenvalue weighted by Crippen LogP contribution is 2.36. The molecular formula is C18H26N2O3. The van der Waals surface area contributed by atoms with Crippen molar-refractivity contribution in [1.29, 1.82) is 0 Å². The van der Waals surface area contributed by atoms with Crippen molar-refractivity contribution in [3.05, 3.63) is 35.4 Å². The van der Waals surface area contributed by atoms with Crippen LogP contribution >= 0.6 is 0 Å². The number of carbonyl (C=O) groups is 2. The van der Waals surface area contributed by atoms with Crippen LogP contribution in [-0.2, 0) is 15.0 Å². The SMILES string of the molecule is Cc1ccc(C2(C)CCN(C[C@@H](C(=O)NO)C(C)C)C2=O)cc1. The summed E-state index contributed by atoms with van der Waals surface area (Å²) >= 11 is 0. The molecule has 5 heteroatoms. The molecule has 0 bridgehead atoms. The van der Waals surface area contributed by atoms with Gasteiger partial charge in [0.2, 0.25) is 11.8 Å². The Balaban J connectivity index is 2.17. The zero-order valence-electron chi connectivity index (χ0n) is 14.3. The number of nitrogens with zero attached hydrogens (tertiary/aromatic N) is 1. The minimum Gasteiger partial charge on any atom is -0.341 e. The second kappa shape index (κ2) is 6.71. The van der Waals surface area contributed by atoms with Crippen LogP contribution in [0.15, 0.2) is 24.3 Å². The number of aryl methyl sites for hydroxylation is 1. The molecule has 0 radical (unpaired) electrons. The van der Waals surface area contributed by atoms with Gasteiger partial charge < -0.3 is 4.90 Å². The standard InChI is InChI=1S/C18H26N2O3/c1-12(2)15(16(21)19-23)11-20-10-9-18(4,17(20)22)14-7-5-13(3)6-8-14/h5-8,12,15,23H,9-11H2,1-4H3,(H,19,21)/t15-,18?/m1/s1. The number of hydrogen-bond acceptors (Lipinski definition) is 3. The Labute approximate surface area is 137 Å². The molecule has 2 atom stereocenters. The molecule has 1 fully saturated rings. The average molecular weight is 318 g/mol. The van der Waals surface area contributed by atoms with Gasteiger partial charge in [0.1, 0.15) is 0 Å². The van der Waals surface area contributed by atoms with E-state index in [0.29, 0.717) is 13.1 Å². The molecule has 2 rings (SSSR count). The van der Waals surface area contributed by atoms with Crippen molar-refractivity contribution in [2.24, 2.45) is 11.8 Å². The zero-order chi connectivity index (χ0) is 17.2. The Morgan fingerprint density at radius 2 is 1.96 bits per heavy atom. The molecule has 2 N–H and O–H groups in total. The van der Waals surface area contributed by atoms with Crippen LogP contribution < -0.4 is 5.48 Å². The Hall–Kier alpha value is -1.88. The van der Waals surface area contributed by atoms with E-state index in [1.165, 1.54) is 5.56 Å². The molecule has 1 aliphatic rings. The van der Waals surface area contributed by atoms with E-state index in [9.17, 15) is 9.59 Å². The number of nitrogens with one attached hydrogen (secondary N) is 1. The number of hydrogen-bond donors (Lipinski definition) is 2. The zero-order valence-corrected chi connectivity index (χ0v) is 14.3. The monoisotopic (exact) mass is 318 g/mol. The van der Waals surface area contributed by atoms with Gasteiger partial charge in [0.25, 0.3) is 0 Å². The topological polar surface area (TPSA) is 69.6 Å². The molecule has 126 valence electrons. The molecule has 1 aliphatic heterocycles.